The third-order valence-corrected chi connectivity index (χ3v) is 8.69. The molecule has 198 valence electrons. The van der Waals surface area contributed by atoms with Crippen LogP contribution in [0.2, 0.25) is 0 Å². The first-order chi connectivity index (χ1) is 18.4. The Labute approximate surface area is 221 Å². The Kier molecular flexibility index (Phi) is 5.98. The summed E-state index contributed by atoms with van der Waals surface area (Å²) < 4.78 is 0. The number of anilines is 2. The number of benzene rings is 2. The van der Waals surface area contributed by atoms with Crippen LogP contribution in [0.15, 0.2) is 47.5 Å². The molecule has 2 saturated carbocycles. The summed E-state index contributed by atoms with van der Waals surface area (Å²) in [5, 5.41) is 12.9. The molecule has 0 unspecified atom stereocenters. The minimum absolute atomic E-state index is 0.0403. The Hall–Kier alpha value is -3.72. The zero-order chi connectivity index (χ0) is 26.5. The molecule has 2 aromatic carbocycles. The van der Waals surface area contributed by atoms with Gasteiger partial charge in [-0.25, -0.2) is 0 Å². The van der Waals surface area contributed by atoms with Gasteiger partial charge in [0.1, 0.15) is 5.84 Å². The molecule has 3 amide bonds. The number of fused-ring (bicyclic) bond motifs is 1. The molecule has 38 heavy (non-hydrogen) atoms. The average Bonchev–Trinajstić information content (AvgIpc) is 3.83. The van der Waals surface area contributed by atoms with Gasteiger partial charge in [0, 0.05) is 42.1 Å². The first-order valence-electron chi connectivity index (χ1n) is 13.5. The molecule has 4 N–H and O–H groups in total. The van der Waals surface area contributed by atoms with Gasteiger partial charge in [-0.15, -0.1) is 0 Å². The number of likely N-dealkylation sites (tertiary alicyclic amines) is 1. The topological polar surface area (TPSA) is 128 Å². The minimum atomic E-state index is -0.800. The van der Waals surface area contributed by atoms with Gasteiger partial charge in [-0.1, -0.05) is 6.07 Å². The molecule has 2 aliphatic carbocycles. The SMILES string of the molecule is NC1=NCc2cc(NC(=O)C3(C4(C(=O)N(CCO)c5cccc(C(=O)N6CCCC6)c5)CC4)CC3)ccc21. The van der Waals surface area contributed by atoms with E-state index in [1.54, 1.807) is 29.2 Å². The molecule has 0 bridgehead atoms. The molecule has 0 atom stereocenters. The predicted octanol–water partition coefficient (Wildman–Crippen LogP) is 2.67. The second-order valence-corrected chi connectivity index (χ2v) is 10.9. The fourth-order valence-corrected chi connectivity index (χ4v) is 6.24. The van der Waals surface area contributed by atoms with Crippen LogP contribution in [0.4, 0.5) is 11.4 Å². The third kappa shape index (κ3) is 3.96. The van der Waals surface area contributed by atoms with Crippen molar-refractivity contribution in [1.29, 1.82) is 0 Å². The van der Waals surface area contributed by atoms with E-state index in [0.29, 0.717) is 55.0 Å². The first-order valence-corrected chi connectivity index (χ1v) is 13.5. The van der Waals surface area contributed by atoms with E-state index in [1.165, 1.54) is 0 Å². The average molecular weight is 516 g/mol. The number of hydrogen-bond acceptors (Lipinski definition) is 6. The standard InChI is InChI=1S/C29H33N5O4/c30-24-23-7-6-21(16-20(23)18-31-24)32-26(37)28(8-9-28)29(10-11-29)27(38)34(14-15-35)22-5-3-4-19(17-22)25(36)33-12-1-2-13-33/h3-7,16-17,35H,1-2,8-15,18H2,(H2,30,31)(H,32,37). The second-order valence-electron chi connectivity index (χ2n) is 10.9. The maximum Gasteiger partial charge on any atom is 0.253 e. The van der Waals surface area contributed by atoms with E-state index >= 15 is 0 Å². The van der Waals surface area contributed by atoms with Crippen LogP contribution < -0.4 is 16.0 Å². The van der Waals surface area contributed by atoms with Gasteiger partial charge in [0.15, 0.2) is 0 Å². The summed E-state index contributed by atoms with van der Waals surface area (Å²) in [4.78, 5) is 48.4. The van der Waals surface area contributed by atoms with Crippen LogP contribution in [0.5, 0.6) is 0 Å². The van der Waals surface area contributed by atoms with E-state index in [0.717, 1.165) is 37.1 Å². The lowest BCUT2D eigenvalue weighted by atomic mass is 9.82. The second kappa shape index (κ2) is 9.23. The van der Waals surface area contributed by atoms with Crippen LogP contribution in [0.1, 0.15) is 60.0 Å². The normalized spacial score (nSPS) is 19.9. The number of aliphatic imine (C=N–C) groups is 1. The zero-order valence-corrected chi connectivity index (χ0v) is 21.4. The summed E-state index contributed by atoms with van der Waals surface area (Å²) in [6.45, 7) is 1.87. The maximum atomic E-state index is 14.1. The van der Waals surface area contributed by atoms with Crippen LogP contribution in [-0.4, -0.2) is 59.8 Å². The number of amidine groups is 1. The number of carbonyl (C=O) groups excluding carboxylic acids is 3. The largest absolute Gasteiger partial charge is 0.395 e. The predicted molar refractivity (Wildman–Crippen MR) is 144 cm³/mol. The molecule has 9 heteroatoms. The minimum Gasteiger partial charge on any atom is -0.395 e. The van der Waals surface area contributed by atoms with Gasteiger partial charge < -0.3 is 26.0 Å². The van der Waals surface area contributed by atoms with E-state index in [1.807, 2.05) is 23.1 Å². The van der Waals surface area contributed by atoms with Crippen LogP contribution in [0, 0.1) is 10.8 Å². The van der Waals surface area contributed by atoms with E-state index < -0.39 is 10.8 Å². The number of carbonyl (C=O) groups is 3. The number of aliphatic hydroxyl groups is 1. The summed E-state index contributed by atoms with van der Waals surface area (Å²) >= 11 is 0. The smallest absolute Gasteiger partial charge is 0.253 e. The highest BCUT2D eigenvalue weighted by Crippen LogP contribution is 2.71. The van der Waals surface area contributed by atoms with Gasteiger partial charge >= 0.3 is 0 Å². The Balaban J connectivity index is 1.23. The molecular weight excluding hydrogens is 482 g/mol. The van der Waals surface area contributed by atoms with Crippen LogP contribution in [0.25, 0.3) is 0 Å². The van der Waals surface area contributed by atoms with Crippen molar-refractivity contribution in [2.75, 3.05) is 36.5 Å². The molecule has 9 nitrogen and oxygen atoms in total. The van der Waals surface area contributed by atoms with Gasteiger partial charge in [0.05, 0.1) is 24.0 Å². The highest BCUT2D eigenvalue weighted by atomic mass is 16.3. The van der Waals surface area contributed by atoms with Gasteiger partial charge in [-0.2, -0.15) is 0 Å². The number of aliphatic hydroxyl groups excluding tert-OH is 1. The summed E-state index contributed by atoms with van der Waals surface area (Å²) in [6.07, 6.45) is 4.54. The lowest BCUT2D eigenvalue weighted by Crippen LogP contribution is -2.46. The van der Waals surface area contributed by atoms with E-state index in [2.05, 4.69) is 10.3 Å². The molecule has 4 aliphatic rings. The quantitative estimate of drug-likeness (QED) is 0.498. The molecule has 2 aliphatic heterocycles. The third-order valence-electron chi connectivity index (χ3n) is 8.69. The van der Waals surface area contributed by atoms with Crippen LogP contribution in [0.3, 0.4) is 0 Å². The lowest BCUT2D eigenvalue weighted by molar-refractivity contribution is -0.134. The van der Waals surface area contributed by atoms with Crippen molar-refractivity contribution in [2.24, 2.45) is 21.6 Å². The highest BCUT2D eigenvalue weighted by Gasteiger charge is 2.73. The van der Waals surface area contributed by atoms with Gasteiger partial charge in [0.2, 0.25) is 11.8 Å². The number of nitrogens with two attached hydrogens (primary N) is 1. The zero-order valence-electron chi connectivity index (χ0n) is 21.4. The molecule has 3 fully saturated rings. The number of nitrogens with one attached hydrogen (secondary N) is 1. The Morgan fingerprint density at radius 1 is 1.03 bits per heavy atom. The van der Waals surface area contributed by atoms with Crippen molar-refractivity contribution in [3.05, 3.63) is 59.2 Å². The van der Waals surface area contributed by atoms with Gasteiger partial charge in [0.25, 0.3) is 5.91 Å². The summed E-state index contributed by atoms with van der Waals surface area (Å²) in [6, 6.07) is 12.7. The molecule has 0 radical (unpaired) electrons. The monoisotopic (exact) mass is 515 g/mol. The molecule has 1 saturated heterocycles. The summed E-state index contributed by atoms with van der Waals surface area (Å²) in [5.74, 6) is 0.174. The summed E-state index contributed by atoms with van der Waals surface area (Å²) in [5.41, 5.74) is 7.99. The number of rotatable bonds is 8. The number of hydrogen-bond donors (Lipinski definition) is 3. The van der Waals surface area contributed by atoms with Crippen LogP contribution >= 0.6 is 0 Å². The molecular formula is C29H33N5O4. The van der Waals surface area contributed by atoms with Crippen molar-refractivity contribution in [1.82, 2.24) is 4.90 Å². The van der Waals surface area contributed by atoms with Gasteiger partial charge in [-0.05, 0) is 80.5 Å². The fraction of sp³-hybridized carbons (Fsp3) is 0.448. The lowest BCUT2D eigenvalue weighted by Gasteiger charge is -2.32. The molecule has 0 aromatic heterocycles. The molecule has 2 aromatic rings. The van der Waals surface area contributed by atoms with Crippen molar-refractivity contribution in [3.63, 3.8) is 0 Å². The number of amides is 3. The Morgan fingerprint density at radius 3 is 2.45 bits per heavy atom. The molecule has 2 heterocycles. The van der Waals surface area contributed by atoms with E-state index in [-0.39, 0.29) is 30.9 Å². The maximum absolute atomic E-state index is 14.1. The molecule has 0 spiro atoms. The Bertz CT molecular complexity index is 1340. The summed E-state index contributed by atoms with van der Waals surface area (Å²) in [7, 11) is 0. The highest BCUT2D eigenvalue weighted by molar-refractivity contribution is 6.09. The molecule has 6 rings (SSSR count). The van der Waals surface area contributed by atoms with Crippen molar-refractivity contribution < 1.29 is 19.5 Å². The van der Waals surface area contributed by atoms with Crippen LogP contribution in [-0.2, 0) is 16.1 Å². The van der Waals surface area contributed by atoms with Crippen molar-refractivity contribution >= 4 is 34.9 Å². The fourth-order valence-electron chi connectivity index (χ4n) is 6.24. The van der Waals surface area contributed by atoms with Crippen molar-refractivity contribution in [2.45, 2.75) is 45.1 Å². The van der Waals surface area contributed by atoms with Gasteiger partial charge in [-0.3, -0.25) is 19.4 Å². The Morgan fingerprint density at radius 2 is 1.76 bits per heavy atom. The van der Waals surface area contributed by atoms with E-state index in [9.17, 15) is 19.5 Å². The first kappa shape index (κ1) is 24.6. The number of nitrogens with zero attached hydrogens (tertiary/aromatic N) is 3. The van der Waals surface area contributed by atoms with Crippen molar-refractivity contribution in [3.8, 4) is 0 Å². The van der Waals surface area contributed by atoms with E-state index in [4.69, 9.17) is 5.73 Å².